The lowest BCUT2D eigenvalue weighted by Crippen LogP contribution is -2.43. The number of nitrogens with one attached hydrogen (secondary N) is 1. The van der Waals surface area contributed by atoms with Gasteiger partial charge in [-0.3, -0.25) is 0 Å². The van der Waals surface area contributed by atoms with Gasteiger partial charge in [0.2, 0.25) is 0 Å². The zero-order valence-electron chi connectivity index (χ0n) is 9.79. The third-order valence-corrected chi connectivity index (χ3v) is 3.55. The molecule has 0 saturated heterocycles. The van der Waals surface area contributed by atoms with Crippen LogP contribution in [0.2, 0.25) is 0 Å². The second-order valence-corrected chi connectivity index (χ2v) is 4.93. The Labute approximate surface area is 91.9 Å². The van der Waals surface area contributed by atoms with E-state index < -0.39 is 0 Å². The van der Waals surface area contributed by atoms with Crippen LogP contribution in [0.3, 0.4) is 0 Å². The topological polar surface area (TPSA) is 29.9 Å². The molecule has 15 heavy (non-hydrogen) atoms. The van der Waals surface area contributed by atoms with E-state index in [1.54, 1.807) is 0 Å². The Balaban J connectivity index is 1.89. The second-order valence-electron chi connectivity index (χ2n) is 4.93. The van der Waals surface area contributed by atoms with Crippen LogP contribution in [-0.4, -0.2) is 15.1 Å². The van der Waals surface area contributed by atoms with Crippen molar-refractivity contribution in [3.8, 4) is 0 Å². The summed E-state index contributed by atoms with van der Waals surface area (Å²) in [6.07, 6.45) is 10.6. The molecule has 1 aromatic rings. The average molecular weight is 207 g/mol. The number of nitrogens with zero attached hydrogens (tertiary/aromatic N) is 2. The zero-order chi connectivity index (χ0) is 10.7. The summed E-state index contributed by atoms with van der Waals surface area (Å²) < 4.78 is 2.08. The fourth-order valence-corrected chi connectivity index (χ4v) is 2.37. The number of rotatable bonds is 3. The summed E-state index contributed by atoms with van der Waals surface area (Å²) in [5.74, 6) is 1.13. The van der Waals surface area contributed by atoms with Crippen LogP contribution in [0, 0.1) is 0 Å². The molecule has 0 radical (unpaired) electrons. The van der Waals surface area contributed by atoms with Crippen LogP contribution in [-0.2, 0) is 13.6 Å². The molecule has 0 amide bonds. The summed E-state index contributed by atoms with van der Waals surface area (Å²) in [7, 11) is 2.05. The van der Waals surface area contributed by atoms with E-state index in [-0.39, 0.29) is 0 Å². The minimum absolute atomic E-state index is 0.337. The molecular weight excluding hydrogens is 186 g/mol. The van der Waals surface area contributed by atoms with Gasteiger partial charge in [0.25, 0.3) is 0 Å². The third kappa shape index (κ3) is 2.59. The van der Waals surface area contributed by atoms with Crippen molar-refractivity contribution >= 4 is 0 Å². The number of imidazole rings is 1. The number of hydrogen-bond donors (Lipinski definition) is 1. The first-order valence-corrected chi connectivity index (χ1v) is 5.91. The van der Waals surface area contributed by atoms with Gasteiger partial charge in [-0.2, -0.15) is 0 Å². The van der Waals surface area contributed by atoms with E-state index in [0.717, 1.165) is 12.4 Å². The van der Waals surface area contributed by atoms with Crippen molar-refractivity contribution in [1.82, 2.24) is 14.9 Å². The fourth-order valence-electron chi connectivity index (χ4n) is 2.37. The maximum absolute atomic E-state index is 4.33. The minimum Gasteiger partial charge on any atom is -0.337 e. The van der Waals surface area contributed by atoms with Gasteiger partial charge in [0.15, 0.2) is 0 Å². The summed E-state index contributed by atoms with van der Waals surface area (Å²) in [4.78, 5) is 4.33. The molecule has 0 aliphatic heterocycles. The van der Waals surface area contributed by atoms with Crippen LogP contribution in [0.1, 0.15) is 44.9 Å². The molecule has 0 atom stereocenters. The lowest BCUT2D eigenvalue weighted by Gasteiger charge is -2.34. The fraction of sp³-hybridized carbons (Fsp3) is 0.750. The first kappa shape index (κ1) is 10.7. The zero-order valence-corrected chi connectivity index (χ0v) is 9.79. The van der Waals surface area contributed by atoms with Crippen molar-refractivity contribution in [3.63, 3.8) is 0 Å². The Morgan fingerprint density at radius 2 is 2.13 bits per heavy atom. The van der Waals surface area contributed by atoms with Gasteiger partial charge in [-0.05, 0) is 19.8 Å². The van der Waals surface area contributed by atoms with Crippen molar-refractivity contribution in [2.75, 3.05) is 0 Å². The predicted octanol–water partition coefficient (Wildman–Crippen LogP) is 2.23. The number of aryl methyl sites for hydroxylation is 1. The van der Waals surface area contributed by atoms with E-state index in [4.69, 9.17) is 0 Å². The van der Waals surface area contributed by atoms with Gasteiger partial charge in [0.05, 0.1) is 6.54 Å². The lowest BCUT2D eigenvalue weighted by molar-refractivity contribution is 0.249. The van der Waals surface area contributed by atoms with Gasteiger partial charge in [0.1, 0.15) is 5.82 Å². The van der Waals surface area contributed by atoms with Crippen LogP contribution < -0.4 is 5.32 Å². The highest BCUT2D eigenvalue weighted by molar-refractivity contribution is 4.94. The van der Waals surface area contributed by atoms with Crippen LogP contribution in [0.15, 0.2) is 12.4 Å². The monoisotopic (exact) mass is 207 g/mol. The van der Waals surface area contributed by atoms with E-state index in [0.29, 0.717) is 5.54 Å². The Kier molecular flexibility index (Phi) is 3.10. The molecule has 3 nitrogen and oxygen atoms in total. The summed E-state index contributed by atoms with van der Waals surface area (Å²) in [5.41, 5.74) is 0.337. The summed E-state index contributed by atoms with van der Waals surface area (Å²) in [6, 6.07) is 0. The predicted molar refractivity (Wildman–Crippen MR) is 61.5 cm³/mol. The molecule has 1 heterocycles. The molecule has 0 aromatic carbocycles. The third-order valence-electron chi connectivity index (χ3n) is 3.55. The van der Waals surface area contributed by atoms with E-state index in [2.05, 4.69) is 21.8 Å². The summed E-state index contributed by atoms with van der Waals surface area (Å²) in [5, 5.41) is 3.66. The van der Waals surface area contributed by atoms with Gasteiger partial charge in [-0.1, -0.05) is 19.3 Å². The molecule has 3 heteroatoms. The Bertz CT molecular complexity index is 310. The van der Waals surface area contributed by atoms with Crippen LogP contribution in [0.4, 0.5) is 0 Å². The highest BCUT2D eigenvalue weighted by Crippen LogP contribution is 2.27. The van der Waals surface area contributed by atoms with E-state index in [1.165, 1.54) is 32.1 Å². The van der Waals surface area contributed by atoms with Crippen molar-refractivity contribution in [3.05, 3.63) is 18.2 Å². The summed E-state index contributed by atoms with van der Waals surface area (Å²) >= 11 is 0. The maximum Gasteiger partial charge on any atom is 0.122 e. The Morgan fingerprint density at radius 1 is 1.40 bits per heavy atom. The van der Waals surface area contributed by atoms with Crippen molar-refractivity contribution in [2.24, 2.45) is 7.05 Å². The molecule has 1 aliphatic carbocycles. The molecule has 0 unspecified atom stereocenters. The molecular formula is C12H21N3. The Morgan fingerprint density at radius 3 is 2.73 bits per heavy atom. The van der Waals surface area contributed by atoms with E-state index in [1.807, 2.05) is 19.4 Å². The number of aromatic nitrogens is 2. The lowest BCUT2D eigenvalue weighted by atomic mass is 9.83. The molecule has 2 rings (SSSR count). The minimum atomic E-state index is 0.337. The Hall–Kier alpha value is -0.830. The SMILES string of the molecule is Cn1ccnc1CNC1(C)CCCCC1. The molecule has 0 spiro atoms. The van der Waals surface area contributed by atoms with Gasteiger partial charge in [-0.25, -0.2) is 4.98 Å². The van der Waals surface area contributed by atoms with Crippen molar-refractivity contribution in [1.29, 1.82) is 0 Å². The first-order valence-electron chi connectivity index (χ1n) is 5.91. The van der Waals surface area contributed by atoms with Crippen LogP contribution >= 0.6 is 0 Å². The standard InChI is InChI=1S/C12H21N3/c1-12(6-4-3-5-7-12)14-10-11-13-8-9-15(11)2/h8-9,14H,3-7,10H2,1-2H3. The van der Waals surface area contributed by atoms with Crippen molar-refractivity contribution in [2.45, 2.75) is 51.1 Å². The average Bonchev–Trinajstić information content (AvgIpc) is 2.62. The van der Waals surface area contributed by atoms with Crippen LogP contribution in [0.25, 0.3) is 0 Å². The highest BCUT2D eigenvalue weighted by Gasteiger charge is 2.25. The van der Waals surface area contributed by atoms with E-state index >= 15 is 0 Å². The highest BCUT2D eigenvalue weighted by atomic mass is 15.1. The molecule has 1 saturated carbocycles. The normalized spacial score (nSPS) is 20.4. The molecule has 1 N–H and O–H groups in total. The van der Waals surface area contributed by atoms with Gasteiger partial charge < -0.3 is 9.88 Å². The molecule has 84 valence electrons. The largest absolute Gasteiger partial charge is 0.337 e. The molecule has 1 aromatic heterocycles. The molecule has 0 bridgehead atoms. The first-order chi connectivity index (χ1) is 7.20. The smallest absolute Gasteiger partial charge is 0.122 e. The van der Waals surface area contributed by atoms with Crippen molar-refractivity contribution < 1.29 is 0 Å². The second kappa shape index (κ2) is 4.35. The van der Waals surface area contributed by atoms with Gasteiger partial charge >= 0.3 is 0 Å². The van der Waals surface area contributed by atoms with Crippen LogP contribution in [0.5, 0.6) is 0 Å². The number of hydrogen-bond acceptors (Lipinski definition) is 2. The maximum atomic E-state index is 4.33. The summed E-state index contributed by atoms with van der Waals surface area (Å²) in [6.45, 7) is 3.23. The quantitative estimate of drug-likeness (QED) is 0.823. The van der Waals surface area contributed by atoms with Gasteiger partial charge in [0, 0.05) is 25.0 Å². The van der Waals surface area contributed by atoms with Gasteiger partial charge in [-0.15, -0.1) is 0 Å². The molecule has 1 aliphatic rings. The van der Waals surface area contributed by atoms with E-state index in [9.17, 15) is 0 Å². The molecule has 1 fully saturated rings.